The highest BCUT2D eigenvalue weighted by Crippen LogP contribution is 2.23. The standard InChI is InChI=1S/C8H11NO.ClH/c10-8-3-1-2-6-4-9-5-7(6)8;/h9H,1-5H2;1H. The molecule has 2 rings (SSSR count). The zero-order chi connectivity index (χ0) is 6.97. The number of rotatable bonds is 0. The Kier molecular flexibility index (Phi) is 2.68. The molecular formula is C8H12ClNO. The highest BCUT2D eigenvalue weighted by molar-refractivity contribution is 5.97. The van der Waals surface area contributed by atoms with E-state index >= 15 is 0 Å². The lowest BCUT2D eigenvalue weighted by molar-refractivity contribution is -0.116. The van der Waals surface area contributed by atoms with E-state index in [9.17, 15) is 4.79 Å². The van der Waals surface area contributed by atoms with E-state index in [-0.39, 0.29) is 12.4 Å². The number of halogens is 1. The molecule has 0 aromatic heterocycles. The van der Waals surface area contributed by atoms with E-state index in [1.165, 1.54) is 5.57 Å². The Labute approximate surface area is 72.5 Å². The number of hydrogen-bond donors (Lipinski definition) is 1. The van der Waals surface area contributed by atoms with Crippen LogP contribution < -0.4 is 5.32 Å². The van der Waals surface area contributed by atoms with E-state index < -0.39 is 0 Å². The van der Waals surface area contributed by atoms with Crippen LogP contribution in [0, 0.1) is 0 Å². The van der Waals surface area contributed by atoms with Crippen LogP contribution in [0.25, 0.3) is 0 Å². The maximum absolute atomic E-state index is 11.2. The maximum Gasteiger partial charge on any atom is 0.160 e. The van der Waals surface area contributed by atoms with Crippen LogP contribution in [-0.2, 0) is 4.79 Å². The molecule has 2 aliphatic rings. The third kappa shape index (κ3) is 1.47. The molecule has 1 N–H and O–H groups in total. The predicted octanol–water partition coefficient (Wildman–Crippen LogP) is 1.06. The van der Waals surface area contributed by atoms with E-state index in [1.807, 2.05) is 0 Å². The number of Topliss-reactive ketones (excluding diaryl/α,β-unsaturated/α-hetero) is 1. The Morgan fingerprint density at radius 3 is 2.73 bits per heavy atom. The fraction of sp³-hybridized carbons (Fsp3) is 0.625. The zero-order valence-electron chi connectivity index (χ0n) is 6.35. The summed E-state index contributed by atoms with van der Waals surface area (Å²) in [5.41, 5.74) is 2.46. The van der Waals surface area contributed by atoms with Crippen LogP contribution in [0.4, 0.5) is 0 Å². The zero-order valence-corrected chi connectivity index (χ0v) is 7.17. The maximum atomic E-state index is 11.2. The molecule has 0 amide bonds. The van der Waals surface area contributed by atoms with Gasteiger partial charge in [0.25, 0.3) is 0 Å². The topological polar surface area (TPSA) is 29.1 Å². The summed E-state index contributed by atoms with van der Waals surface area (Å²) in [7, 11) is 0. The molecule has 0 atom stereocenters. The predicted molar refractivity (Wildman–Crippen MR) is 46.0 cm³/mol. The monoisotopic (exact) mass is 173 g/mol. The fourth-order valence-corrected chi connectivity index (χ4v) is 1.72. The smallest absolute Gasteiger partial charge is 0.160 e. The lowest BCUT2D eigenvalue weighted by atomic mass is 9.93. The largest absolute Gasteiger partial charge is 0.309 e. The summed E-state index contributed by atoms with van der Waals surface area (Å²) in [6.45, 7) is 1.79. The first-order valence-electron chi connectivity index (χ1n) is 3.83. The van der Waals surface area contributed by atoms with Gasteiger partial charge in [0.15, 0.2) is 5.78 Å². The normalized spacial score (nSPS) is 23.1. The first kappa shape index (κ1) is 8.75. The van der Waals surface area contributed by atoms with Crippen molar-refractivity contribution in [2.75, 3.05) is 13.1 Å². The van der Waals surface area contributed by atoms with Gasteiger partial charge in [0, 0.05) is 25.1 Å². The molecule has 0 bridgehead atoms. The highest BCUT2D eigenvalue weighted by atomic mass is 35.5. The number of carbonyl (C=O) groups excluding carboxylic acids is 1. The van der Waals surface area contributed by atoms with Crippen LogP contribution in [-0.4, -0.2) is 18.9 Å². The van der Waals surface area contributed by atoms with Crippen molar-refractivity contribution in [3.8, 4) is 0 Å². The average molecular weight is 174 g/mol. The Bertz CT molecular complexity index is 210. The van der Waals surface area contributed by atoms with Gasteiger partial charge in [0.05, 0.1) is 0 Å². The minimum Gasteiger partial charge on any atom is -0.309 e. The number of hydrogen-bond acceptors (Lipinski definition) is 2. The second kappa shape index (κ2) is 3.37. The molecule has 0 saturated carbocycles. The van der Waals surface area contributed by atoms with Gasteiger partial charge in [-0.05, 0) is 18.4 Å². The molecule has 1 aliphatic heterocycles. The molecule has 0 fully saturated rings. The van der Waals surface area contributed by atoms with Crippen molar-refractivity contribution < 1.29 is 4.79 Å². The second-order valence-corrected chi connectivity index (χ2v) is 2.96. The van der Waals surface area contributed by atoms with Gasteiger partial charge in [0.2, 0.25) is 0 Å². The molecule has 0 saturated heterocycles. The lowest BCUT2D eigenvalue weighted by Gasteiger charge is -2.10. The minimum absolute atomic E-state index is 0. The molecule has 0 spiro atoms. The average Bonchev–Trinajstić information content (AvgIpc) is 2.36. The van der Waals surface area contributed by atoms with Crippen molar-refractivity contribution in [2.24, 2.45) is 0 Å². The van der Waals surface area contributed by atoms with E-state index in [1.54, 1.807) is 0 Å². The van der Waals surface area contributed by atoms with E-state index in [2.05, 4.69) is 5.32 Å². The summed E-state index contributed by atoms with van der Waals surface area (Å²) in [6, 6.07) is 0. The van der Waals surface area contributed by atoms with Crippen LogP contribution in [0.15, 0.2) is 11.1 Å². The van der Waals surface area contributed by atoms with Crippen LogP contribution in [0.1, 0.15) is 19.3 Å². The third-order valence-corrected chi connectivity index (χ3v) is 2.29. The molecule has 11 heavy (non-hydrogen) atoms. The molecule has 0 unspecified atom stereocenters. The summed E-state index contributed by atoms with van der Waals surface area (Å²) in [5.74, 6) is 0.381. The van der Waals surface area contributed by atoms with Crippen LogP contribution in [0.2, 0.25) is 0 Å². The van der Waals surface area contributed by atoms with Crippen molar-refractivity contribution in [1.29, 1.82) is 0 Å². The van der Waals surface area contributed by atoms with Gasteiger partial charge in [-0.2, -0.15) is 0 Å². The van der Waals surface area contributed by atoms with Gasteiger partial charge in [-0.25, -0.2) is 0 Å². The number of ketones is 1. The van der Waals surface area contributed by atoms with E-state index in [4.69, 9.17) is 0 Å². The van der Waals surface area contributed by atoms with Gasteiger partial charge >= 0.3 is 0 Å². The second-order valence-electron chi connectivity index (χ2n) is 2.96. The van der Waals surface area contributed by atoms with E-state index in [0.717, 1.165) is 37.9 Å². The first-order chi connectivity index (χ1) is 4.88. The molecule has 2 nitrogen and oxygen atoms in total. The van der Waals surface area contributed by atoms with Crippen molar-refractivity contribution in [3.05, 3.63) is 11.1 Å². The molecular weight excluding hydrogens is 162 g/mol. The number of carbonyl (C=O) groups is 1. The van der Waals surface area contributed by atoms with E-state index in [0.29, 0.717) is 5.78 Å². The van der Waals surface area contributed by atoms with Gasteiger partial charge in [-0.3, -0.25) is 4.79 Å². The van der Waals surface area contributed by atoms with Crippen molar-refractivity contribution in [1.82, 2.24) is 5.32 Å². The van der Waals surface area contributed by atoms with Gasteiger partial charge in [0.1, 0.15) is 0 Å². The SMILES string of the molecule is Cl.O=C1CCCC2=C1CNC2. The Balaban J connectivity index is 0.000000605. The van der Waals surface area contributed by atoms with Crippen molar-refractivity contribution in [3.63, 3.8) is 0 Å². The Morgan fingerprint density at radius 2 is 2.00 bits per heavy atom. The summed E-state index contributed by atoms with van der Waals surface area (Å²) >= 11 is 0. The van der Waals surface area contributed by atoms with Crippen molar-refractivity contribution >= 4 is 18.2 Å². The summed E-state index contributed by atoms with van der Waals surface area (Å²) in [5, 5.41) is 3.20. The quantitative estimate of drug-likeness (QED) is 0.594. The molecule has 0 aromatic carbocycles. The van der Waals surface area contributed by atoms with Crippen molar-refractivity contribution in [2.45, 2.75) is 19.3 Å². The summed E-state index contributed by atoms with van der Waals surface area (Å²) in [6.07, 6.45) is 2.99. The fourth-order valence-electron chi connectivity index (χ4n) is 1.72. The van der Waals surface area contributed by atoms with Gasteiger partial charge in [-0.15, -0.1) is 12.4 Å². The van der Waals surface area contributed by atoms with Gasteiger partial charge in [-0.1, -0.05) is 0 Å². The lowest BCUT2D eigenvalue weighted by Crippen LogP contribution is -2.12. The van der Waals surface area contributed by atoms with Crippen LogP contribution in [0.3, 0.4) is 0 Å². The number of nitrogens with one attached hydrogen (secondary N) is 1. The summed E-state index contributed by atoms with van der Waals surface area (Å²) < 4.78 is 0. The highest BCUT2D eigenvalue weighted by Gasteiger charge is 2.23. The molecule has 1 aliphatic carbocycles. The Hall–Kier alpha value is -0.340. The first-order valence-corrected chi connectivity index (χ1v) is 3.83. The molecule has 0 aromatic rings. The molecule has 0 radical (unpaired) electrons. The van der Waals surface area contributed by atoms with Crippen LogP contribution in [0.5, 0.6) is 0 Å². The third-order valence-electron chi connectivity index (χ3n) is 2.29. The Morgan fingerprint density at radius 1 is 1.18 bits per heavy atom. The summed E-state index contributed by atoms with van der Waals surface area (Å²) in [4.78, 5) is 11.2. The molecule has 3 heteroatoms. The van der Waals surface area contributed by atoms with Crippen LogP contribution >= 0.6 is 12.4 Å². The van der Waals surface area contributed by atoms with Gasteiger partial charge < -0.3 is 5.32 Å². The minimum atomic E-state index is 0. The molecule has 1 heterocycles. The molecule has 62 valence electrons.